The molecule has 0 aromatic heterocycles. The van der Waals surface area contributed by atoms with Gasteiger partial charge in [0.2, 0.25) is 0 Å². The van der Waals surface area contributed by atoms with Gasteiger partial charge in [0, 0.05) is 6.54 Å². The Kier molecular flexibility index (Phi) is 8.22. The molecular formula is C17H22N2O4. The Morgan fingerprint density at radius 3 is 2.57 bits per heavy atom. The lowest BCUT2D eigenvalue weighted by molar-refractivity contribution is -0.124. The fraction of sp³-hybridized carbons (Fsp3) is 0.471. The number of carbonyl (C=O) groups excluding carboxylic acids is 2. The molecule has 0 atom stereocenters. The van der Waals surface area contributed by atoms with Crippen molar-refractivity contribution in [1.82, 2.24) is 5.32 Å². The second-order valence-corrected chi connectivity index (χ2v) is 5.39. The van der Waals surface area contributed by atoms with E-state index in [1.807, 2.05) is 6.07 Å². The van der Waals surface area contributed by atoms with Crippen LogP contribution in [0.25, 0.3) is 0 Å². The van der Waals surface area contributed by atoms with Crippen molar-refractivity contribution in [2.24, 2.45) is 5.92 Å². The van der Waals surface area contributed by atoms with E-state index in [0.717, 1.165) is 6.42 Å². The first-order valence-corrected chi connectivity index (χ1v) is 7.56. The summed E-state index contributed by atoms with van der Waals surface area (Å²) >= 11 is 0. The van der Waals surface area contributed by atoms with Crippen LogP contribution >= 0.6 is 0 Å². The minimum absolute atomic E-state index is 0.220. The Hall–Kier alpha value is -2.55. The molecule has 0 aliphatic heterocycles. The predicted octanol–water partition coefficient (Wildman–Crippen LogP) is 2.30. The van der Waals surface area contributed by atoms with Gasteiger partial charge >= 0.3 is 5.97 Å². The number of benzene rings is 1. The molecule has 23 heavy (non-hydrogen) atoms. The second kappa shape index (κ2) is 10.2. The summed E-state index contributed by atoms with van der Waals surface area (Å²) in [6.45, 7) is 4.76. The summed E-state index contributed by atoms with van der Waals surface area (Å²) in [4.78, 5) is 23.2. The summed E-state index contributed by atoms with van der Waals surface area (Å²) in [6.07, 6.45) is 1.18. The lowest BCUT2D eigenvalue weighted by Gasteiger charge is -2.09. The van der Waals surface area contributed by atoms with Gasteiger partial charge in [0.25, 0.3) is 5.91 Å². The molecule has 0 saturated carbocycles. The Labute approximate surface area is 136 Å². The molecule has 0 heterocycles. The van der Waals surface area contributed by atoms with E-state index >= 15 is 0 Å². The van der Waals surface area contributed by atoms with Crippen LogP contribution in [-0.2, 0) is 9.53 Å². The molecular weight excluding hydrogens is 296 g/mol. The van der Waals surface area contributed by atoms with E-state index in [2.05, 4.69) is 19.2 Å². The van der Waals surface area contributed by atoms with Gasteiger partial charge in [0.15, 0.2) is 6.61 Å². The van der Waals surface area contributed by atoms with E-state index in [0.29, 0.717) is 23.8 Å². The highest BCUT2D eigenvalue weighted by Crippen LogP contribution is 2.14. The van der Waals surface area contributed by atoms with Gasteiger partial charge in [0.1, 0.15) is 5.75 Å². The molecule has 0 unspecified atom stereocenters. The largest absolute Gasteiger partial charge is 0.494 e. The Morgan fingerprint density at radius 2 is 1.96 bits per heavy atom. The van der Waals surface area contributed by atoms with Gasteiger partial charge in [-0.1, -0.05) is 13.8 Å². The van der Waals surface area contributed by atoms with Crippen molar-refractivity contribution in [3.05, 3.63) is 29.8 Å². The van der Waals surface area contributed by atoms with Crippen LogP contribution in [0.1, 0.15) is 37.0 Å². The lowest BCUT2D eigenvalue weighted by atomic mass is 10.1. The molecule has 124 valence electrons. The average Bonchev–Trinajstić information content (AvgIpc) is 2.53. The zero-order valence-electron chi connectivity index (χ0n) is 13.5. The van der Waals surface area contributed by atoms with Crippen molar-refractivity contribution >= 4 is 11.9 Å². The third-order valence-electron chi connectivity index (χ3n) is 2.95. The third-order valence-corrected chi connectivity index (χ3v) is 2.95. The van der Waals surface area contributed by atoms with Gasteiger partial charge in [-0.05, 0) is 36.6 Å². The maximum atomic E-state index is 11.8. The van der Waals surface area contributed by atoms with Crippen molar-refractivity contribution in [2.75, 3.05) is 19.8 Å². The first kappa shape index (κ1) is 18.5. The topological polar surface area (TPSA) is 88.4 Å². The van der Waals surface area contributed by atoms with E-state index in [1.54, 1.807) is 24.3 Å². The van der Waals surface area contributed by atoms with E-state index in [-0.39, 0.29) is 19.6 Å². The van der Waals surface area contributed by atoms with Crippen LogP contribution in [0.3, 0.4) is 0 Å². The molecule has 0 spiro atoms. The number of hydrogen-bond donors (Lipinski definition) is 1. The van der Waals surface area contributed by atoms with Crippen molar-refractivity contribution in [3.8, 4) is 11.8 Å². The molecule has 1 amide bonds. The highest BCUT2D eigenvalue weighted by molar-refractivity contribution is 5.91. The molecule has 6 nitrogen and oxygen atoms in total. The van der Waals surface area contributed by atoms with Gasteiger partial charge in [0.05, 0.1) is 24.7 Å². The molecule has 0 aliphatic rings. The molecule has 0 radical (unpaired) electrons. The Balaban J connectivity index is 2.36. The monoisotopic (exact) mass is 318 g/mol. The number of nitrogens with one attached hydrogen (secondary N) is 1. The highest BCUT2D eigenvalue weighted by Gasteiger charge is 2.10. The molecule has 0 fully saturated rings. The van der Waals surface area contributed by atoms with E-state index in [1.165, 1.54) is 0 Å². The Morgan fingerprint density at radius 1 is 1.26 bits per heavy atom. The number of hydrogen-bond acceptors (Lipinski definition) is 5. The maximum Gasteiger partial charge on any atom is 0.338 e. The van der Waals surface area contributed by atoms with Gasteiger partial charge in [-0.15, -0.1) is 0 Å². The number of ether oxygens (including phenoxy) is 2. The van der Waals surface area contributed by atoms with Gasteiger partial charge in [-0.3, -0.25) is 4.79 Å². The smallest absolute Gasteiger partial charge is 0.338 e. The number of amides is 1. The summed E-state index contributed by atoms with van der Waals surface area (Å²) in [5.41, 5.74) is 0.353. The summed E-state index contributed by atoms with van der Waals surface area (Å²) in [5.74, 6) is 0.261. The van der Waals surface area contributed by atoms with E-state index in [9.17, 15) is 9.59 Å². The molecule has 0 aliphatic carbocycles. The first-order valence-electron chi connectivity index (χ1n) is 7.56. The SMILES string of the molecule is CC(C)CCOc1ccc(C(=O)OCC(=O)NCCC#N)cc1. The van der Waals surface area contributed by atoms with E-state index in [4.69, 9.17) is 14.7 Å². The first-order chi connectivity index (χ1) is 11.0. The molecule has 1 aromatic carbocycles. The minimum atomic E-state index is -0.575. The van der Waals surface area contributed by atoms with Gasteiger partial charge < -0.3 is 14.8 Å². The van der Waals surface area contributed by atoms with Crippen LogP contribution in [0.5, 0.6) is 5.75 Å². The van der Waals surface area contributed by atoms with Crippen LogP contribution in [0, 0.1) is 17.2 Å². The molecule has 0 saturated heterocycles. The van der Waals surface area contributed by atoms with Crippen LogP contribution in [0.2, 0.25) is 0 Å². The quantitative estimate of drug-likeness (QED) is 0.557. The van der Waals surface area contributed by atoms with Crippen molar-refractivity contribution < 1.29 is 19.1 Å². The molecule has 1 N–H and O–H groups in total. The number of esters is 1. The summed E-state index contributed by atoms with van der Waals surface area (Å²) in [6, 6.07) is 8.50. The van der Waals surface area contributed by atoms with Crippen LogP contribution < -0.4 is 10.1 Å². The second-order valence-electron chi connectivity index (χ2n) is 5.39. The van der Waals surface area contributed by atoms with Crippen LogP contribution in [0.15, 0.2) is 24.3 Å². The zero-order valence-corrected chi connectivity index (χ0v) is 13.5. The molecule has 0 bridgehead atoms. The number of nitrogens with zero attached hydrogens (tertiary/aromatic N) is 1. The summed E-state index contributed by atoms with van der Waals surface area (Å²) in [5, 5.41) is 10.8. The highest BCUT2D eigenvalue weighted by atomic mass is 16.5. The normalized spacial score (nSPS) is 10.0. The molecule has 1 rings (SSSR count). The van der Waals surface area contributed by atoms with Crippen LogP contribution in [0.4, 0.5) is 0 Å². The standard InChI is InChI=1S/C17H22N2O4/c1-13(2)8-11-22-15-6-4-14(5-7-15)17(21)23-12-16(20)19-10-3-9-18/h4-7,13H,3,8,10-12H2,1-2H3,(H,19,20). The van der Waals surface area contributed by atoms with Crippen molar-refractivity contribution in [3.63, 3.8) is 0 Å². The maximum absolute atomic E-state index is 11.8. The summed E-state index contributed by atoms with van der Waals surface area (Å²) in [7, 11) is 0. The number of nitriles is 1. The molecule has 1 aromatic rings. The Bertz CT molecular complexity index is 547. The third kappa shape index (κ3) is 7.86. The predicted molar refractivity (Wildman–Crippen MR) is 84.9 cm³/mol. The zero-order chi connectivity index (χ0) is 17.1. The fourth-order valence-electron chi connectivity index (χ4n) is 1.62. The fourth-order valence-corrected chi connectivity index (χ4v) is 1.62. The lowest BCUT2D eigenvalue weighted by Crippen LogP contribution is -2.29. The van der Waals surface area contributed by atoms with Crippen molar-refractivity contribution in [1.29, 1.82) is 5.26 Å². The summed E-state index contributed by atoms with van der Waals surface area (Å²) < 4.78 is 10.5. The van der Waals surface area contributed by atoms with Crippen molar-refractivity contribution in [2.45, 2.75) is 26.7 Å². The molecule has 6 heteroatoms. The van der Waals surface area contributed by atoms with Gasteiger partial charge in [-0.2, -0.15) is 5.26 Å². The number of rotatable bonds is 9. The van der Waals surface area contributed by atoms with Crippen LogP contribution in [-0.4, -0.2) is 31.6 Å². The van der Waals surface area contributed by atoms with Gasteiger partial charge in [-0.25, -0.2) is 4.79 Å². The number of carbonyl (C=O) groups is 2. The van der Waals surface area contributed by atoms with E-state index < -0.39 is 11.9 Å². The minimum Gasteiger partial charge on any atom is -0.494 e. The average molecular weight is 318 g/mol.